The van der Waals surface area contributed by atoms with Crippen LogP contribution in [0.4, 0.5) is 22.7 Å². The van der Waals surface area contributed by atoms with Gasteiger partial charge in [0.1, 0.15) is 6.23 Å². The lowest BCUT2D eigenvalue weighted by atomic mass is 9.94. The molecule has 0 saturated carbocycles. The number of anilines is 4. The van der Waals surface area contributed by atoms with Crippen LogP contribution in [-0.2, 0) is 6.42 Å². The van der Waals surface area contributed by atoms with Crippen LogP contribution >= 0.6 is 0 Å². The molecule has 1 aliphatic heterocycles. The van der Waals surface area contributed by atoms with Crippen LogP contribution in [0, 0.1) is 0 Å². The smallest absolute Gasteiger partial charge is 0.128 e. The van der Waals surface area contributed by atoms with Crippen LogP contribution in [-0.4, -0.2) is 39.5 Å². The normalized spacial score (nSPS) is 14.1. The van der Waals surface area contributed by atoms with E-state index in [2.05, 4.69) is 46.2 Å². The molecular weight excluding hydrogens is 286 g/mol. The van der Waals surface area contributed by atoms with Crippen LogP contribution in [0.1, 0.15) is 18.1 Å². The molecule has 0 aromatic heterocycles. The summed E-state index contributed by atoms with van der Waals surface area (Å²) in [7, 11) is 8.15. The summed E-state index contributed by atoms with van der Waals surface area (Å²) in [6.07, 6.45) is 0.317. The lowest BCUT2D eigenvalue weighted by Gasteiger charge is -2.36. The Balaban J connectivity index is 2.16. The highest BCUT2D eigenvalue weighted by atomic mass is 16.3. The lowest BCUT2D eigenvalue weighted by molar-refractivity contribution is 0.200. The number of fused-ring (bicyclic) bond motifs is 2. The molecule has 0 radical (unpaired) electrons. The van der Waals surface area contributed by atoms with E-state index in [-0.39, 0.29) is 0 Å². The molecule has 2 aromatic rings. The van der Waals surface area contributed by atoms with Crippen molar-refractivity contribution in [2.24, 2.45) is 0 Å². The summed E-state index contributed by atoms with van der Waals surface area (Å²) < 4.78 is 0. The SMILES string of the molecule is CC(O)N1c2cc(N(C)C)ccc2Cc2ccc(N(C)C)cc21. The third-order valence-corrected chi connectivity index (χ3v) is 4.44. The van der Waals surface area contributed by atoms with E-state index in [4.69, 9.17) is 0 Å². The maximum Gasteiger partial charge on any atom is 0.128 e. The number of aliphatic hydroxyl groups excluding tert-OH is 1. The average molecular weight is 311 g/mol. The van der Waals surface area contributed by atoms with Crippen molar-refractivity contribution in [1.29, 1.82) is 0 Å². The van der Waals surface area contributed by atoms with Gasteiger partial charge in [-0.05, 0) is 42.3 Å². The van der Waals surface area contributed by atoms with Crippen molar-refractivity contribution in [3.8, 4) is 0 Å². The number of aliphatic hydroxyl groups is 1. The molecule has 1 atom stereocenters. The average Bonchev–Trinajstić information content (AvgIpc) is 2.50. The number of rotatable bonds is 3. The zero-order valence-corrected chi connectivity index (χ0v) is 14.5. The first-order chi connectivity index (χ1) is 10.9. The van der Waals surface area contributed by atoms with E-state index in [9.17, 15) is 5.11 Å². The molecule has 2 aromatic carbocycles. The summed E-state index contributed by atoms with van der Waals surface area (Å²) in [5, 5.41) is 10.4. The van der Waals surface area contributed by atoms with Gasteiger partial charge in [-0.25, -0.2) is 0 Å². The molecule has 4 nitrogen and oxygen atoms in total. The molecule has 1 N–H and O–H groups in total. The van der Waals surface area contributed by atoms with Crippen LogP contribution < -0.4 is 14.7 Å². The Morgan fingerprint density at radius 1 is 0.870 bits per heavy atom. The van der Waals surface area contributed by atoms with Gasteiger partial charge in [0.2, 0.25) is 0 Å². The second-order valence-corrected chi connectivity index (χ2v) is 6.59. The zero-order chi connectivity index (χ0) is 16.7. The lowest BCUT2D eigenvalue weighted by Crippen LogP contribution is -2.32. The number of hydrogen-bond acceptors (Lipinski definition) is 4. The second kappa shape index (κ2) is 5.78. The van der Waals surface area contributed by atoms with Crippen molar-refractivity contribution in [1.82, 2.24) is 0 Å². The fourth-order valence-electron chi connectivity index (χ4n) is 3.15. The molecular formula is C19H25N3O. The Morgan fingerprint density at radius 3 is 1.65 bits per heavy atom. The molecule has 4 heteroatoms. The van der Waals surface area contributed by atoms with Gasteiger partial charge in [0.05, 0.1) is 0 Å². The van der Waals surface area contributed by atoms with Gasteiger partial charge < -0.3 is 19.8 Å². The fourth-order valence-corrected chi connectivity index (χ4v) is 3.15. The molecule has 0 saturated heterocycles. The van der Waals surface area contributed by atoms with Crippen LogP contribution in [0.3, 0.4) is 0 Å². The summed E-state index contributed by atoms with van der Waals surface area (Å²) in [5.74, 6) is 0. The topological polar surface area (TPSA) is 30.0 Å². The Kier molecular flexibility index (Phi) is 3.94. The Bertz CT molecular complexity index is 665. The number of benzene rings is 2. The van der Waals surface area contributed by atoms with Gasteiger partial charge in [0.25, 0.3) is 0 Å². The molecule has 23 heavy (non-hydrogen) atoms. The minimum absolute atomic E-state index is 0.581. The molecule has 0 spiro atoms. The van der Waals surface area contributed by atoms with Gasteiger partial charge in [-0.3, -0.25) is 0 Å². The molecule has 0 bridgehead atoms. The molecule has 0 fully saturated rings. The first kappa shape index (κ1) is 15.7. The van der Waals surface area contributed by atoms with Gasteiger partial charge in [-0.15, -0.1) is 0 Å². The monoisotopic (exact) mass is 311 g/mol. The van der Waals surface area contributed by atoms with Crippen LogP contribution in [0.25, 0.3) is 0 Å². The first-order valence-electron chi connectivity index (χ1n) is 7.96. The Labute approximate surface area is 138 Å². The van der Waals surface area contributed by atoms with Gasteiger partial charge in [0, 0.05) is 57.4 Å². The third-order valence-electron chi connectivity index (χ3n) is 4.44. The minimum atomic E-state index is -0.581. The number of nitrogens with zero attached hydrogens (tertiary/aromatic N) is 3. The molecule has 0 aliphatic carbocycles. The van der Waals surface area contributed by atoms with E-state index >= 15 is 0 Å². The summed E-state index contributed by atoms with van der Waals surface area (Å²) in [5.41, 5.74) is 6.97. The van der Waals surface area contributed by atoms with Gasteiger partial charge in [0.15, 0.2) is 0 Å². The predicted molar refractivity (Wildman–Crippen MR) is 98.2 cm³/mol. The molecule has 1 heterocycles. The van der Waals surface area contributed by atoms with Crippen molar-refractivity contribution >= 4 is 22.7 Å². The van der Waals surface area contributed by atoms with E-state index < -0.39 is 6.23 Å². The summed E-state index contributed by atoms with van der Waals surface area (Å²) >= 11 is 0. The third kappa shape index (κ3) is 2.75. The van der Waals surface area contributed by atoms with Gasteiger partial charge in [-0.2, -0.15) is 0 Å². The van der Waals surface area contributed by atoms with Crippen LogP contribution in [0.2, 0.25) is 0 Å². The molecule has 122 valence electrons. The summed E-state index contributed by atoms with van der Waals surface area (Å²) in [6.45, 7) is 1.82. The molecule has 1 unspecified atom stereocenters. The fraction of sp³-hybridized carbons (Fsp3) is 0.368. The van der Waals surface area contributed by atoms with Gasteiger partial charge in [-0.1, -0.05) is 12.1 Å². The van der Waals surface area contributed by atoms with E-state index in [1.807, 2.05) is 40.0 Å². The Morgan fingerprint density at radius 2 is 1.30 bits per heavy atom. The summed E-state index contributed by atoms with van der Waals surface area (Å²) in [6, 6.07) is 12.9. The summed E-state index contributed by atoms with van der Waals surface area (Å²) in [4.78, 5) is 6.21. The van der Waals surface area contributed by atoms with Crippen molar-refractivity contribution < 1.29 is 5.11 Å². The van der Waals surface area contributed by atoms with Crippen molar-refractivity contribution in [2.75, 3.05) is 42.9 Å². The van der Waals surface area contributed by atoms with E-state index in [1.54, 1.807) is 0 Å². The highest BCUT2D eigenvalue weighted by molar-refractivity contribution is 5.79. The Hall–Kier alpha value is -2.20. The highest BCUT2D eigenvalue weighted by Crippen LogP contribution is 2.42. The van der Waals surface area contributed by atoms with Gasteiger partial charge >= 0.3 is 0 Å². The van der Waals surface area contributed by atoms with Crippen LogP contribution in [0.15, 0.2) is 36.4 Å². The van der Waals surface area contributed by atoms with Crippen molar-refractivity contribution in [2.45, 2.75) is 19.6 Å². The predicted octanol–water partition coefficient (Wildman–Crippen LogP) is 3.20. The largest absolute Gasteiger partial charge is 0.378 e. The van der Waals surface area contributed by atoms with E-state index in [1.165, 1.54) is 11.1 Å². The van der Waals surface area contributed by atoms with Crippen molar-refractivity contribution in [3.63, 3.8) is 0 Å². The van der Waals surface area contributed by atoms with E-state index in [0.717, 1.165) is 29.2 Å². The standard InChI is InChI=1S/C19H25N3O/c1-13(23)22-18-11-16(20(2)3)8-6-14(18)10-15-7-9-17(21(4)5)12-19(15)22/h6-9,11-13,23H,10H2,1-5H3. The first-order valence-corrected chi connectivity index (χ1v) is 7.96. The van der Waals surface area contributed by atoms with Crippen molar-refractivity contribution in [3.05, 3.63) is 47.5 Å². The quantitative estimate of drug-likeness (QED) is 0.943. The maximum absolute atomic E-state index is 10.4. The molecule has 0 amide bonds. The molecule has 3 rings (SSSR count). The van der Waals surface area contributed by atoms with E-state index in [0.29, 0.717) is 0 Å². The van der Waals surface area contributed by atoms with Crippen LogP contribution in [0.5, 0.6) is 0 Å². The highest BCUT2D eigenvalue weighted by Gasteiger charge is 2.26. The second-order valence-electron chi connectivity index (χ2n) is 6.59. The maximum atomic E-state index is 10.4. The number of hydrogen-bond donors (Lipinski definition) is 1. The minimum Gasteiger partial charge on any atom is -0.378 e. The molecule has 1 aliphatic rings. The zero-order valence-electron chi connectivity index (χ0n) is 14.5.